The van der Waals surface area contributed by atoms with Gasteiger partial charge < -0.3 is 5.32 Å². The van der Waals surface area contributed by atoms with Gasteiger partial charge in [-0.25, -0.2) is 4.79 Å². The molecule has 3 nitrogen and oxygen atoms in total. The van der Waals surface area contributed by atoms with Crippen LogP contribution in [-0.2, 0) is 0 Å². The van der Waals surface area contributed by atoms with Gasteiger partial charge in [0.1, 0.15) is 0 Å². The molecule has 0 spiro atoms. The summed E-state index contributed by atoms with van der Waals surface area (Å²) >= 11 is 6.23. The molecule has 1 atom stereocenters. The van der Waals surface area contributed by atoms with Gasteiger partial charge in [-0.15, -0.1) is 0 Å². The molecule has 3 rings (SSSR count). The SMILES string of the molecule is C[C@H](C1C(C)(C)C1(C)C)N(C(=O)Nc1ccccc1Cl)c1ccccc1. The maximum atomic E-state index is 13.2. The maximum absolute atomic E-state index is 13.2. The Bertz CT molecular complexity index is 787. The molecule has 1 aliphatic rings. The predicted molar refractivity (Wildman–Crippen MR) is 110 cm³/mol. The Morgan fingerprint density at radius 1 is 1.00 bits per heavy atom. The lowest BCUT2D eigenvalue weighted by molar-refractivity contribution is 0.253. The van der Waals surface area contributed by atoms with E-state index >= 15 is 0 Å². The molecule has 0 heterocycles. The van der Waals surface area contributed by atoms with Crippen molar-refractivity contribution in [1.82, 2.24) is 0 Å². The Balaban J connectivity index is 1.92. The Labute approximate surface area is 161 Å². The summed E-state index contributed by atoms with van der Waals surface area (Å²) in [5, 5.41) is 3.52. The van der Waals surface area contributed by atoms with Gasteiger partial charge in [-0.2, -0.15) is 0 Å². The Morgan fingerprint density at radius 2 is 1.54 bits per heavy atom. The van der Waals surface area contributed by atoms with Gasteiger partial charge in [0, 0.05) is 11.7 Å². The second-order valence-electron chi connectivity index (χ2n) is 8.28. The minimum absolute atomic E-state index is 0.0601. The third-order valence-electron chi connectivity index (χ3n) is 6.39. The monoisotopic (exact) mass is 370 g/mol. The van der Waals surface area contributed by atoms with Crippen LogP contribution in [0, 0.1) is 16.7 Å². The van der Waals surface area contributed by atoms with E-state index in [9.17, 15) is 4.79 Å². The number of rotatable bonds is 4. The van der Waals surface area contributed by atoms with Gasteiger partial charge in [0.05, 0.1) is 10.7 Å². The van der Waals surface area contributed by atoms with Crippen LogP contribution in [0.5, 0.6) is 0 Å². The van der Waals surface area contributed by atoms with Crippen LogP contribution in [0.4, 0.5) is 16.2 Å². The number of hydrogen-bond donors (Lipinski definition) is 1. The molecular formula is C22H27ClN2O. The van der Waals surface area contributed by atoms with E-state index in [1.54, 1.807) is 6.07 Å². The van der Waals surface area contributed by atoms with E-state index in [4.69, 9.17) is 11.6 Å². The van der Waals surface area contributed by atoms with Crippen LogP contribution >= 0.6 is 11.6 Å². The van der Waals surface area contributed by atoms with Crippen molar-refractivity contribution in [3.8, 4) is 0 Å². The Hall–Kier alpha value is -2.00. The minimum Gasteiger partial charge on any atom is -0.306 e. The number of halogens is 1. The highest BCUT2D eigenvalue weighted by molar-refractivity contribution is 6.33. The van der Waals surface area contributed by atoms with Gasteiger partial charge in [-0.1, -0.05) is 69.6 Å². The number of nitrogens with zero attached hydrogens (tertiary/aromatic N) is 1. The molecule has 2 aromatic rings. The van der Waals surface area contributed by atoms with Crippen LogP contribution in [0.3, 0.4) is 0 Å². The topological polar surface area (TPSA) is 32.3 Å². The summed E-state index contributed by atoms with van der Waals surface area (Å²) in [5.41, 5.74) is 1.89. The van der Waals surface area contributed by atoms with Gasteiger partial charge in [0.2, 0.25) is 0 Å². The predicted octanol–water partition coefficient (Wildman–Crippen LogP) is 6.45. The number of amides is 2. The summed E-state index contributed by atoms with van der Waals surface area (Å²) in [6, 6.07) is 17.1. The van der Waals surface area contributed by atoms with Gasteiger partial charge in [-0.05, 0) is 47.9 Å². The Kier molecular flexibility index (Phi) is 4.78. The van der Waals surface area contributed by atoms with Crippen molar-refractivity contribution in [3.63, 3.8) is 0 Å². The smallest absolute Gasteiger partial charge is 0.306 e. The summed E-state index contributed by atoms with van der Waals surface area (Å²) in [6.07, 6.45) is 0. The average Bonchev–Trinajstić information content (AvgIpc) is 3.00. The summed E-state index contributed by atoms with van der Waals surface area (Å²) in [7, 11) is 0. The molecule has 2 amide bonds. The number of anilines is 2. The minimum atomic E-state index is -0.157. The molecule has 0 saturated heterocycles. The first-order chi connectivity index (χ1) is 12.2. The molecule has 0 bridgehead atoms. The average molecular weight is 371 g/mol. The van der Waals surface area contributed by atoms with Crippen LogP contribution in [0.1, 0.15) is 34.6 Å². The van der Waals surface area contributed by atoms with Crippen molar-refractivity contribution < 1.29 is 4.79 Å². The zero-order chi connectivity index (χ0) is 19.1. The molecule has 2 aromatic carbocycles. The highest BCUT2D eigenvalue weighted by Crippen LogP contribution is 2.70. The second kappa shape index (κ2) is 6.62. The largest absolute Gasteiger partial charge is 0.326 e. The van der Waals surface area contributed by atoms with E-state index in [0.717, 1.165) is 5.69 Å². The lowest BCUT2D eigenvalue weighted by Gasteiger charge is -2.31. The molecule has 1 saturated carbocycles. The molecule has 1 fully saturated rings. The second-order valence-corrected chi connectivity index (χ2v) is 8.68. The molecule has 0 aliphatic heterocycles. The van der Waals surface area contributed by atoms with Gasteiger partial charge >= 0.3 is 6.03 Å². The van der Waals surface area contributed by atoms with Crippen molar-refractivity contribution in [3.05, 3.63) is 59.6 Å². The van der Waals surface area contributed by atoms with E-state index in [0.29, 0.717) is 16.6 Å². The molecule has 1 aliphatic carbocycles. The molecule has 0 unspecified atom stereocenters. The van der Waals surface area contributed by atoms with Gasteiger partial charge in [0.15, 0.2) is 0 Å². The van der Waals surface area contributed by atoms with Crippen LogP contribution < -0.4 is 10.2 Å². The summed E-state index contributed by atoms with van der Waals surface area (Å²) in [6.45, 7) is 11.3. The van der Waals surface area contributed by atoms with Crippen LogP contribution in [0.15, 0.2) is 54.6 Å². The molecule has 26 heavy (non-hydrogen) atoms. The maximum Gasteiger partial charge on any atom is 0.326 e. The number of carbonyl (C=O) groups excluding carboxylic acids is 1. The number of carbonyl (C=O) groups is 1. The third kappa shape index (κ3) is 3.09. The lowest BCUT2D eigenvalue weighted by atomic mass is 10.0. The van der Waals surface area contributed by atoms with E-state index in [-0.39, 0.29) is 22.9 Å². The first-order valence-electron chi connectivity index (χ1n) is 9.07. The quantitative estimate of drug-likeness (QED) is 0.658. The summed E-state index contributed by atoms with van der Waals surface area (Å²) in [4.78, 5) is 15.1. The normalized spacial score (nSPS) is 18.8. The number of benzene rings is 2. The van der Waals surface area contributed by atoms with Crippen molar-refractivity contribution in [2.75, 3.05) is 10.2 Å². The molecule has 0 radical (unpaired) electrons. The number of urea groups is 1. The molecule has 1 N–H and O–H groups in total. The summed E-state index contributed by atoms with van der Waals surface area (Å²) in [5.74, 6) is 0.409. The van der Waals surface area contributed by atoms with Crippen molar-refractivity contribution in [2.45, 2.75) is 40.7 Å². The molecule has 4 heteroatoms. The zero-order valence-electron chi connectivity index (χ0n) is 16.1. The van der Waals surface area contributed by atoms with Crippen molar-refractivity contribution >= 4 is 29.0 Å². The van der Waals surface area contributed by atoms with Crippen molar-refractivity contribution in [1.29, 1.82) is 0 Å². The standard InChI is InChI=1S/C22H27ClN2O/c1-15(19-21(2,3)22(19,4)5)25(16-11-7-6-8-12-16)20(26)24-18-14-10-9-13-17(18)23/h6-15,19H,1-5H3,(H,24,26)/t15-/m1/s1. The molecular weight excluding hydrogens is 344 g/mol. The summed E-state index contributed by atoms with van der Waals surface area (Å²) < 4.78 is 0. The fourth-order valence-corrected chi connectivity index (χ4v) is 4.65. The fraction of sp³-hybridized carbons (Fsp3) is 0.409. The molecule has 138 valence electrons. The number of nitrogens with one attached hydrogen (secondary N) is 1. The van der Waals surface area contributed by atoms with E-state index < -0.39 is 0 Å². The lowest BCUT2D eigenvalue weighted by Crippen LogP contribution is -2.44. The van der Waals surface area contributed by atoms with Crippen LogP contribution in [0.2, 0.25) is 5.02 Å². The molecule has 0 aromatic heterocycles. The van der Waals surface area contributed by atoms with Gasteiger partial charge in [0.25, 0.3) is 0 Å². The Morgan fingerprint density at radius 3 is 2.08 bits per heavy atom. The zero-order valence-corrected chi connectivity index (χ0v) is 16.8. The number of para-hydroxylation sites is 2. The van der Waals surface area contributed by atoms with Crippen molar-refractivity contribution in [2.24, 2.45) is 16.7 Å². The first-order valence-corrected chi connectivity index (χ1v) is 9.45. The fourth-order valence-electron chi connectivity index (χ4n) is 4.47. The highest BCUT2D eigenvalue weighted by Gasteiger charge is 2.67. The third-order valence-corrected chi connectivity index (χ3v) is 6.72. The van der Waals surface area contributed by atoms with E-state index in [1.807, 2.05) is 53.4 Å². The van der Waals surface area contributed by atoms with E-state index in [1.165, 1.54) is 0 Å². The number of hydrogen-bond acceptors (Lipinski definition) is 1. The van der Waals surface area contributed by atoms with E-state index in [2.05, 4.69) is 39.9 Å². The highest BCUT2D eigenvalue weighted by atomic mass is 35.5. The van der Waals surface area contributed by atoms with Crippen LogP contribution in [-0.4, -0.2) is 12.1 Å². The van der Waals surface area contributed by atoms with Crippen LogP contribution in [0.25, 0.3) is 0 Å². The first kappa shape index (κ1) is 18.8. The van der Waals surface area contributed by atoms with Gasteiger partial charge in [-0.3, -0.25) is 4.90 Å².